The van der Waals surface area contributed by atoms with Crippen molar-refractivity contribution in [2.75, 3.05) is 0 Å². The first-order valence-electron chi connectivity index (χ1n) is 17.2. The van der Waals surface area contributed by atoms with Crippen molar-refractivity contribution in [1.82, 2.24) is 0 Å². The Morgan fingerprint density at radius 3 is 1.88 bits per heavy atom. The molecule has 2 saturated carbocycles. The maximum Gasteiger partial charge on any atom is 0.192 e. The third-order valence-corrected chi connectivity index (χ3v) is 25.4. The van der Waals surface area contributed by atoms with Crippen molar-refractivity contribution in [3.05, 3.63) is 24.3 Å². The van der Waals surface area contributed by atoms with Crippen molar-refractivity contribution in [3.8, 4) is 0 Å². The number of hydrogen-bond acceptors (Lipinski definition) is 3. The Morgan fingerprint density at radius 1 is 0.829 bits per heavy atom. The predicted octanol–water partition coefficient (Wildman–Crippen LogP) is 11.5. The molecular weight excluding hydrogens is 553 g/mol. The van der Waals surface area contributed by atoms with Crippen LogP contribution in [0.15, 0.2) is 24.3 Å². The zero-order chi connectivity index (χ0) is 31.4. The lowest BCUT2D eigenvalue weighted by molar-refractivity contribution is 0.133. The van der Waals surface area contributed by atoms with Gasteiger partial charge in [-0.2, -0.15) is 0 Å². The van der Waals surface area contributed by atoms with Crippen LogP contribution in [-0.4, -0.2) is 43.3 Å². The van der Waals surface area contributed by atoms with Gasteiger partial charge >= 0.3 is 0 Å². The van der Waals surface area contributed by atoms with Crippen molar-refractivity contribution < 1.29 is 13.3 Å². The molecule has 0 aliphatic heterocycles. The fourth-order valence-corrected chi connectivity index (χ4v) is 12.1. The van der Waals surface area contributed by atoms with Crippen molar-refractivity contribution in [2.45, 2.75) is 180 Å². The molecular formula is C35H70O3Si3. The first-order chi connectivity index (χ1) is 18.8. The summed E-state index contributed by atoms with van der Waals surface area (Å²) in [6.07, 6.45) is 12.7. The van der Waals surface area contributed by atoms with Crippen LogP contribution < -0.4 is 0 Å². The molecule has 1 unspecified atom stereocenters. The molecule has 6 atom stereocenters. The Hall–Kier alpha value is 0.0106. The Morgan fingerprint density at radius 2 is 1.39 bits per heavy atom. The van der Waals surface area contributed by atoms with E-state index in [2.05, 4.69) is 114 Å². The summed E-state index contributed by atoms with van der Waals surface area (Å²) in [4.78, 5) is 0. The van der Waals surface area contributed by atoms with E-state index in [0.29, 0.717) is 17.8 Å². The van der Waals surface area contributed by atoms with Crippen LogP contribution in [0.1, 0.15) is 108 Å². The van der Waals surface area contributed by atoms with Crippen LogP contribution in [0, 0.1) is 17.8 Å². The molecule has 2 rings (SSSR count). The van der Waals surface area contributed by atoms with E-state index in [9.17, 15) is 0 Å². The fourth-order valence-electron chi connectivity index (χ4n) is 6.50. The van der Waals surface area contributed by atoms with Crippen molar-refractivity contribution in [3.63, 3.8) is 0 Å². The summed E-state index contributed by atoms with van der Waals surface area (Å²) >= 11 is 0. The fraction of sp³-hybridized carbons (Fsp3) is 0.886. The number of fused-ring (bicyclic) bond motifs is 1. The summed E-state index contributed by atoms with van der Waals surface area (Å²) in [5.74, 6) is 1.47. The van der Waals surface area contributed by atoms with Crippen LogP contribution in [0.3, 0.4) is 0 Å². The summed E-state index contributed by atoms with van der Waals surface area (Å²) < 4.78 is 21.5. The topological polar surface area (TPSA) is 27.7 Å². The van der Waals surface area contributed by atoms with Crippen molar-refractivity contribution >= 4 is 25.0 Å². The van der Waals surface area contributed by atoms with Crippen LogP contribution in [0.4, 0.5) is 0 Å². The molecule has 0 spiro atoms. The smallest absolute Gasteiger partial charge is 0.192 e. The Bertz CT molecular complexity index is 855. The van der Waals surface area contributed by atoms with Gasteiger partial charge in [-0.15, -0.1) is 0 Å². The molecule has 0 bridgehead atoms. The van der Waals surface area contributed by atoms with Gasteiger partial charge < -0.3 is 13.3 Å². The highest BCUT2D eigenvalue weighted by atomic mass is 28.4. The van der Waals surface area contributed by atoms with E-state index < -0.39 is 25.0 Å². The zero-order valence-electron chi connectivity index (χ0n) is 29.9. The highest BCUT2D eigenvalue weighted by molar-refractivity contribution is 6.74. The van der Waals surface area contributed by atoms with E-state index in [1.165, 1.54) is 43.0 Å². The van der Waals surface area contributed by atoms with Gasteiger partial charge in [-0.05, 0) is 91.1 Å². The van der Waals surface area contributed by atoms with Crippen molar-refractivity contribution in [2.24, 2.45) is 17.8 Å². The molecule has 6 heteroatoms. The van der Waals surface area contributed by atoms with Gasteiger partial charge in [0.05, 0.1) is 18.3 Å². The standard InChI is InChI=1S/C35H70O3Si3/c1-16-20-21-22-28(36-39(12,13)34(6,7)8)23-24-29-30-25-27(5)33(38-41(17-2,18-3)19-4)31(30)26-32(29)37-40(14,15)35(9,10)11/h23-24,28-33H,5,16-22,25-26H2,1-4,6-15H3/t28-,29-,30+,31-,32+,33?/m0/s1. The third kappa shape index (κ3) is 9.03. The Balaban J connectivity index is 2.44. The lowest BCUT2D eigenvalue weighted by Crippen LogP contribution is -2.45. The highest BCUT2D eigenvalue weighted by Crippen LogP contribution is 2.54. The average Bonchev–Trinajstić information content (AvgIpc) is 3.33. The van der Waals surface area contributed by atoms with Crippen LogP contribution >= 0.6 is 0 Å². The minimum atomic E-state index is -1.92. The van der Waals surface area contributed by atoms with Gasteiger partial charge in [-0.25, -0.2) is 0 Å². The second-order valence-corrected chi connectivity index (χ2v) is 30.7. The van der Waals surface area contributed by atoms with E-state index in [-0.39, 0.29) is 28.4 Å². The molecule has 0 amide bonds. The summed E-state index contributed by atoms with van der Waals surface area (Å²) in [6.45, 7) is 37.8. The average molecular weight is 623 g/mol. The largest absolute Gasteiger partial charge is 0.413 e. The second-order valence-electron chi connectivity index (χ2n) is 16.5. The monoisotopic (exact) mass is 622 g/mol. The molecule has 0 heterocycles. The zero-order valence-corrected chi connectivity index (χ0v) is 32.9. The number of unbranched alkanes of at least 4 members (excludes halogenated alkanes) is 2. The van der Waals surface area contributed by atoms with Gasteiger partial charge in [0, 0.05) is 5.92 Å². The van der Waals surface area contributed by atoms with Gasteiger partial charge in [0.15, 0.2) is 25.0 Å². The van der Waals surface area contributed by atoms with Crippen LogP contribution in [0.25, 0.3) is 0 Å². The molecule has 2 aliphatic rings. The molecule has 0 radical (unpaired) electrons. The molecule has 3 nitrogen and oxygen atoms in total. The molecule has 0 saturated heterocycles. The SMILES string of the molecule is C=C1C[C@@H]2[C@H](C=C[C@H](CCCCC)O[Si](C)(C)C(C)(C)C)[C@H](O[Si](C)(C)C(C)(C)C)C[C@@H]2C1O[Si](CC)(CC)CC. The van der Waals surface area contributed by atoms with E-state index >= 15 is 0 Å². The maximum atomic E-state index is 7.27. The molecule has 240 valence electrons. The van der Waals surface area contributed by atoms with Gasteiger partial charge in [-0.3, -0.25) is 0 Å². The van der Waals surface area contributed by atoms with Crippen LogP contribution in [-0.2, 0) is 13.3 Å². The lowest BCUT2D eigenvalue weighted by Gasteiger charge is -2.40. The first kappa shape index (κ1) is 37.2. The summed E-state index contributed by atoms with van der Waals surface area (Å²) in [5.41, 5.74) is 1.34. The van der Waals surface area contributed by atoms with Crippen LogP contribution in [0.2, 0.25) is 54.4 Å². The molecule has 2 fully saturated rings. The quantitative estimate of drug-likeness (QED) is 0.103. The van der Waals surface area contributed by atoms with E-state index in [1.54, 1.807) is 0 Å². The maximum absolute atomic E-state index is 7.27. The predicted molar refractivity (Wildman–Crippen MR) is 188 cm³/mol. The second kappa shape index (κ2) is 14.4. The molecule has 0 aromatic rings. The third-order valence-electron chi connectivity index (χ3n) is 11.7. The summed E-state index contributed by atoms with van der Waals surface area (Å²) in [5, 5.41) is 0.402. The van der Waals surface area contributed by atoms with Crippen molar-refractivity contribution in [1.29, 1.82) is 0 Å². The molecule has 0 N–H and O–H groups in total. The summed E-state index contributed by atoms with van der Waals surface area (Å²) in [6, 6.07) is 3.58. The number of hydrogen-bond donors (Lipinski definition) is 0. The Kier molecular flexibility index (Phi) is 13.1. The highest BCUT2D eigenvalue weighted by Gasteiger charge is 2.54. The first-order valence-corrected chi connectivity index (χ1v) is 25.5. The molecule has 2 aliphatic carbocycles. The van der Waals surface area contributed by atoms with Gasteiger partial charge in [0.2, 0.25) is 0 Å². The lowest BCUT2D eigenvalue weighted by atomic mass is 9.90. The van der Waals surface area contributed by atoms with E-state index in [1.807, 2.05) is 0 Å². The minimum absolute atomic E-state index is 0.187. The minimum Gasteiger partial charge on any atom is -0.413 e. The van der Waals surface area contributed by atoms with E-state index in [0.717, 1.165) is 19.3 Å². The summed E-state index contributed by atoms with van der Waals surface area (Å²) in [7, 11) is -5.53. The molecule has 41 heavy (non-hydrogen) atoms. The van der Waals surface area contributed by atoms with E-state index in [4.69, 9.17) is 13.3 Å². The number of rotatable bonds is 15. The molecule has 0 aromatic heterocycles. The Labute approximate surface area is 260 Å². The van der Waals surface area contributed by atoms with Crippen LogP contribution in [0.5, 0.6) is 0 Å². The van der Waals surface area contributed by atoms with Gasteiger partial charge in [0.25, 0.3) is 0 Å². The normalized spacial score (nSPS) is 27.2. The van der Waals surface area contributed by atoms with Gasteiger partial charge in [-0.1, -0.05) is 107 Å². The van der Waals surface area contributed by atoms with Gasteiger partial charge in [0.1, 0.15) is 0 Å². The molecule has 0 aromatic carbocycles.